The number of rotatable bonds is 12. The summed E-state index contributed by atoms with van der Waals surface area (Å²) in [5, 5.41) is 0.761. The number of ketones is 2. The summed E-state index contributed by atoms with van der Waals surface area (Å²) in [4.78, 5) is 32.6. The summed E-state index contributed by atoms with van der Waals surface area (Å²) in [6, 6.07) is 10.0. The third-order valence-electron chi connectivity index (χ3n) is 16.4. The number of furan rings is 2. The second-order valence-corrected chi connectivity index (χ2v) is 28.9. The van der Waals surface area contributed by atoms with Gasteiger partial charge in [0.15, 0.2) is 11.6 Å². The number of halogens is 7. The molecule has 3 aliphatic rings. The van der Waals surface area contributed by atoms with Gasteiger partial charge in [-0.3, -0.25) is 28.2 Å². The van der Waals surface area contributed by atoms with E-state index in [0.29, 0.717) is 20.7 Å². The maximum absolute atomic E-state index is 13.1. The van der Waals surface area contributed by atoms with Crippen molar-refractivity contribution in [2.45, 2.75) is 156 Å². The van der Waals surface area contributed by atoms with Crippen molar-refractivity contribution in [3.05, 3.63) is 87.9 Å². The number of nitrogens with zero attached hydrogens (tertiary/aromatic N) is 4. The van der Waals surface area contributed by atoms with Crippen molar-refractivity contribution in [3.63, 3.8) is 0 Å². The number of alkyl halides is 6. The molecule has 0 spiro atoms. The van der Waals surface area contributed by atoms with E-state index in [1.807, 2.05) is 83.1 Å². The fourth-order valence-corrected chi connectivity index (χ4v) is 10.7. The number of anilines is 2. The molecule has 0 aliphatic carbocycles. The standard InChI is InChI=1S/C25H28BF3N2O6S.C19H16BrF3N2O4S.C12H24B2O4/c1-8-18(32)21-15-11-16(26-36-23(2,3)24(4,5)37-26)17(31(6)38(7,33)34)12-19(15)35-22(21)14-9-10-20(30-13-14)25(27,28)29;1-4-14(26)17-11-7-12(20)13(25(2)30(3,27)28)8-15(11)29-18(17)10-5-6-16(24-9-10)19(21,22)23;1-9(2)10(3,4)16-13(15-9)14-17-11(5,6)12(7,8)18-14/h9-13H,8H2,1-7H3;5-9H,4H2,1-3H3;1-8H3. The van der Waals surface area contributed by atoms with Crippen LogP contribution in [0.15, 0.2) is 74.2 Å². The van der Waals surface area contributed by atoms with Gasteiger partial charge in [0, 0.05) is 83.3 Å². The normalized spacial score (nSPS) is 18.6. The Labute approximate surface area is 506 Å². The molecule has 7 heterocycles. The van der Waals surface area contributed by atoms with Gasteiger partial charge in [0.1, 0.15) is 34.1 Å². The van der Waals surface area contributed by atoms with Crippen LogP contribution in [0.4, 0.5) is 37.7 Å². The quantitative estimate of drug-likeness (QED) is 0.0632. The Morgan fingerprint density at radius 2 is 0.860 bits per heavy atom. The van der Waals surface area contributed by atoms with Crippen molar-refractivity contribution in [3.8, 4) is 22.6 Å². The predicted octanol–water partition coefficient (Wildman–Crippen LogP) is 12.3. The molecule has 3 fully saturated rings. The van der Waals surface area contributed by atoms with E-state index in [4.69, 9.17) is 36.8 Å². The summed E-state index contributed by atoms with van der Waals surface area (Å²) in [5.74, 6) is -0.487. The van der Waals surface area contributed by atoms with Crippen molar-refractivity contribution < 1.29 is 89.5 Å². The first-order valence-electron chi connectivity index (χ1n) is 27.0. The molecule has 0 atom stereocenters. The second-order valence-electron chi connectivity index (χ2n) is 24.0. The Hall–Kier alpha value is -5.33. The minimum Gasteiger partial charge on any atom is -0.455 e. The van der Waals surface area contributed by atoms with Gasteiger partial charge < -0.3 is 36.8 Å². The Morgan fingerprint density at radius 3 is 1.17 bits per heavy atom. The highest BCUT2D eigenvalue weighted by atomic mass is 79.9. The summed E-state index contributed by atoms with van der Waals surface area (Å²) in [7, 11) is -6.49. The van der Waals surface area contributed by atoms with Crippen LogP contribution >= 0.6 is 15.9 Å². The molecule has 2 aromatic carbocycles. The lowest BCUT2D eigenvalue weighted by Gasteiger charge is -2.32. The number of fused-ring (bicyclic) bond motifs is 2. The zero-order chi connectivity index (χ0) is 64.8. The molecular weight excluding hydrogens is 1240 g/mol. The Morgan fingerprint density at radius 1 is 0.535 bits per heavy atom. The molecule has 4 aromatic heterocycles. The van der Waals surface area contributed by atoms with E-state index in [9.17, 15) is 52.8 Å². The van der Waals surface area contributed by atoms with Gasteiger partial charge in [-0.25, -0.2) is 16.8 Å². The van der Waals surface area contributed by atoms with Gasteiger partial charge in [0.05, 0.1) is 68.6 Å². The molecule has 0 bridgehead atoms. The van der Waals surface area contributed by atoms with Crippen LogP contribution in [0.2, 0.25) is 0 Å². The first-order valence-corrected chi connectivity index (χ1v) is 31.5. The molecule has 466 valence electrons. The summed E-state index contributed by atoms with van der Waals surface area (Å²) >= 11 is 3.32. The van der Waals surface area contributed by atoms with Gasteiger partial charge >= 0.3 is 33.5 Å². The third kappa shape index (κ3) is 13.5. The first-order chi connectivity index (χ1) is 39.1. The molecule has 3 aliphatic heterocycles. The number of hydrogen-bond donors (Lipinski definition) is 0. The van der Waals surface area contributed by atoms with Crippen molar-refractivity contribution in [2.75, 3.05) is 35.2 Å². The highest BCUT2D eigenvalue weighted by Gasteiger charge is 2.64. The second kappa shape index (κ2) is 23.2. The first kappa shape index (κ1) is 68.2. The van der Waals surface area contributed by atoms with Gasteiger partial charge in [0.2, 0.25) is 20.0 Å². The molecule has 86 heavy (non-hydrogen) atoms. The molecule has 3 saturated heterocycles. The molecule has 0 unspecified atom stereocenters. The number of hydrogen-bond acceptors (Lipinski definition) is 16. The minimum absolute atomic E-state index is 0.0344. The Balaban J connectivity index is 0.000000196. The number of sulfonamides is 2. The van der Waals surface area contributed by atoms with Crippen LogP contribution in [0.5, 0.6) is 0 Å². The molecule has 0 radical (unpaired) electrons. The minimum atomic E-state index is -4.63. The van der Waals surface area contributed by atoms with Crippen molar-refractivity contribution in [2.24, 2.45) is 0 Å². The monoisotopic (exact) mass is 1310 g/mol. The smallest absolute Gasteiger partial charge is 0.455 e. The molecule has 0 saturated carbocycles. The van der Waals surface area contributed by atoms with E-state index < -0.39 is 76.1 Å². The lowest BCUT2D eigenvalue weighted by atomic mass is 9.49. The topological polar surface area (TPSA) is 216 Å². The Bertz CT molecular complexity index is 3740. The van der Waals surface area contributed by atoms with Gasteiger partial charge in [-0.1, -0.05) is 13.8 Å². The van der Waals surface area contributed by atoms with Crippen molar-refractivity contribution in [1.29, 1.82) is 0 Å². The summed E-state index contributed by atoms with van der Waals surface area (Å²) in [6.07, 6.45) is -4.93. The predicted molar refractivity (Wildman–Crippen MR) is 320 cm³/mol. The van der Waals surface area contributed by atoms with Gasteiger partial charge in [-0.05, 0) is 135 Å². The number of carbonyl (C=O) groups excluding carboxylic acids is 2. The van der Waals surface area contributed by atoms with Crippen molar-refractivity contribution in [1.82, 2.24) is 9.97 Å². The van der Waals surface area contributed by atoms with Crippen LogP contribution in [0, 0.1) is 0 Å². The van der Waals surface area contributed by atoms with E-state index in [1.54, 1.807) is 26.0 Å². The lowest BCUT2D eigenvalue weighted by molar-refractivity contribution is -0.141. The van der Waals surface area contributed by atoms with Crippen LogP contribution < -0.4 is 14.1 Å². The largest absolute Gasteiger partial charge is 0.497 e. The molecule has 6 aromatic rings. The fourth-order valence-electron chi connectivity index (χ4n) is 8.99. The number of pyridine rings is 2. The van der Waals surface area contributed by atoms with Gasteiger partial charge in [-0.15, -0.1) is 0 Å². The van der Waals surface area contributed by atoms with Gasteiger partial charge in [-0.2, -0.15) is 26.3 Å². The summed E-state index contributed by atoms with van der Waals surface area (Å²) < 4.78 is 177. The zero-order valence-corrected chi connectivity index (χ0v) is 54.1. The van der Waals surface area contributed by atoms with Gasteiger partial charge in [0.25, 0.3) is 0 Å². The fraction of sp³-hybridized carbons (Fsp3) is 0.500. The summed E-state index contributed by atoms with van der Waals surface area (Å²) in [5.41, 5.74) is -3.11. The average molecular weight is 1310 g/mol. The van der Waals surface area contributed by atoms with Crippen molar-refractivity contribution >= 4 is 107 Å². The Kier molecular flexibility index (Phi) is 18.4. The van der Waals surface area contributed by atoms with E-state index in [2.05, 4.69) is 25.9 Å². The number of carbonyl (C=O) groups is 2. The summed E-state index contributed by atoms with van der Waals surface area (Å²) in [6.45, 7) is 26.9. The number of benzene rings is 2. The SMILES string of the molecule is CC1(C)OB(B2OC(C)(C)C(C)(C)O2)OC1(C)C.CCC(=O)c1c(-c2ccc(C(F)(F)F)nc2)oc2cc(N(C)S(C)(=O)=O)c(B3OC(C)(C)C(C)(C)O3)cc12.CCC(=O)c1c(-c2ccc(C(F)(F)F)nc2)oc2cc(N(C)S(C)(=O)=O)c(Br)cc12. The van der Waals surface area contributed by atoms with E-state index in [-0.39, 0.29) is 103 Å². The molecular formula is C56H68B3BrF6N4O14S2. The zero-order valence-electron chi connectivity index (χ0n) is 50.9. The average Bonchev–Trinajstić information content (AvgIpc) is 4.33. The molecule has 0 amide bonds. The lowest BCUT2D eigenvalue weighted by Crippen LogP contribution is -2.41. The molecule has 0 N–H and O–H groups in total. The van der Waals surface area contributed by atoms with E-state index >= 15 is 0 Å². The van der Waals surface area contributed by atoms with Crippen LogP contribution in [-0.2, 0) is 60.3 Å². The number of Topliss-reactive ketones (excluding diaryl/α,β-unsaturated/α-hetero) is 2. The molecule has 9 rings (SSSR count). The maximum Gasteiger partial charge on any atom is 0.497 e. The van der Waals surface area contributed by atoms with E-state index in [1.165, 1.54) is 38.4 Å². The maximum atomic E-state index is 13.1. The van der Waals surface area contributed by atoms with E-state index in [0.717, 1.165) is 45.6 Å². The number of aromatic nitrogens is 2. The van der Waals surface area contributed by atoms with Crippen LogP contribution in [0.3, 0.4) is 0 Å². The highest BCUT2D eigenvalue weighted by molar-refractivity contribution is 9.10. The van der Waals surface area contributed by atoms with Crippen LogP contribution in [0.1, 0.15) is 142 Å². The molecule has 18 nitrogen and oxygen atoms in total. The van der Waals surface area contributed by atoms with Crippen LogP contribution in [-0.4, -0.2) is 120 Å². The third-order valence-corrected chi connectivity index (χ3v) is 19.4. The highest BCUT2D eigenvalue weighted by Crippen LogP contribution is 2.45. The molecule has 30 heteroatoms. The van der Waals surface area contributed by atoms with Crippen LogP contribution in [0.25, 0.3) is 44.6 Å².